The molecule has 0 aliphatic rings. The number of nitrogen functional groups attached to an aromatic ring is 1. The number of nitriles is 1. The number of nitrogens with one attached hydrogen (secondary N) is 1. The average molecular weight is 262 g/mol. The van der Waals surface area contributed by atoms with E-state index in [1.54, 1.807) is 18.7 Å². The predicted molar refractivity (Wildman–Crippen MR) is 66.1 cm³/mol. The van der Waals surface area contributed by atoms with Crippen molar-refractivity contribution < 1.29 is 0 Å². The first-order valence-electron chi connectivity index (χ1n) is 4.99. The van der Waals surface area contributed by atoms with E-state index in [0.717, 1.165) is 11.8 Å². The van der Waals surface area contributed by atoms with Gasteiger partial charge in [-0.1, -0.05) is 0 Å². The highest BCUT2D eigenvalue weighted by Gasteiger charge is 2.15. The van der Waals surface area contributed by atoms with Crippen molar-refractivity contribution in [1.82, 2.24) is 19.7 Å². The molecule has 0 fully saturated rings. The fourth-order valence-corrected chi connectivity index (χ4v) is 2.43. The van der Waals surface area contributed by atoms with Crippen molar-refractivity contribution in [3.63, 3.8) is 0 Å². The highest BCUT2D eigenvalue weighted by molar-refractivity contribution is 7.99. The van der Waals surface area contributed by atoms with Crippen LogP contribution in [0.3, 0.4) is 0 Å². The van der Waals surface area contributed by atoms with Gasteiger partial charge < -0.3 is 10.7 Å². The van der Waals surface area contributed by atoms with Crippen LogP contribution in [0.25, 0.3) is 0 Å². The fourth-order valence-electron chi connectivity index (χ4n) is 1.48. The van der Waals surface area contributed by atoms with Gasteiger partial charge in [-0.05, 0) is 18.7 Å². The lowest BCUT2D eigenvalue weighted by molar-refractivity contribution is 0.690. The summed E-state index contributed by atoms with van der Waals surface area (Å²) in [5.41, 5.74) is 6.26. The van der Waals surface area contributed by atoms with Gasteiger partial charge in [0.1, 0.15) is 22.5 Å². The molecule has 2 heterocycles. The Hall–Kier alpha value is -2.27. The number of hydrogen-bond acceptors (Lipinski definition) is 6. The Balaban J connectivity index is 2.46. The van der Waals surface area contributed by atoms with E-state index in [1.807, 2.05) is 0 Å². The number of aromatic amines is 1. The second-order valence-corrected chi connectivity index (χ2v) is 4.56. The Morgan fingerprint density at radius 2 is 2.33 bits per heavy atom. The van der Waals surface area contributed by atoms with Crippen LogP contribution in [0.2, 0.25) is 0 Å². The number of rotatable bonds is 2. The summed E-state index contributed by atoms with van der Waals surface area (Å²) in [7, 11) is 1.72. The predicted octanol–water partition coefficient (Wildman–Crippen LogP) is 0.417. The van der Waals surface area contributed by atoms with Crippen LogP contribution in [-0.2, 0) is 7.05 Å². The first kappa shape index (κ1) is 12.2. The molecule has 0 saturated carbocycles. The minimum atomic E-state index is -0.331. The minimum absolute atomic E-state index is 0.138. The highest BCUT2D eigenvalue weighted by Crippen LogP contribution is 2.28. The van der Waals surface area contributed by atoms with Crippen LogP contribution in [0.1, 0.15) is 11.3 Å². The van der Waals surface area contributed by atoms with Crippen molar-refractivity contribution in [3.8, 4) is 6.07 Å². The van der Waals surface area contributed by atoms with E-state index in [1.165, 1.54) is 6.07 Å². The lowest BCUT2D eigenvalue weighted by Gasteiger charge is -2.02. The van der Waals surface area contributed by atoms with Gasteiger partial charge in [0.15, 0.2) is 5.16 Å². The summed E-state index contributed by atoms with van der Waals surface area (Å²) in [6.45, 7) is 1.75. The van der Waals surface area contributed by atoms with Gasteiger partial charge in [0.2, 0.25) is 0 Å². The summed E-state index contributed by atoms with van der Waals surface area (Å²) < 4.78 is 1.57. The van der Waals surface area contributed by atoms with Crippen LogP contribution in [0.4, 0.5) is 5.82 Å². The summed E-state index contributed by atoms with van der Waals surface area (Å²) in [6, 6.07) is 3.28. The Bertz CT molecular complexity index is 695. The molecule has 2 aromatic rings. The molecule has 0 amide bonds. The Morgan fingerprint density at radius 3 is 2.94 bits per heavy atom. The van der Waals surface area contributed by atoms with Crippen molar-refractivity contribution in [2.45, 2.75) is 17.1 Å². The number of anilines is 1. The van der Waals surface area contributed by atoms with Crippen LogP contribution < -0.4 is 11.3 Å². The first-order chi connectivity index (χ1) is 8.51. The van der Waals surface area contributed by atoms with Crippen molar-refractivity contribution in [3.05, 3.63) is 27.7 Å². The highest BCUT2D eigenvalue weighted by atomic mass is 32.2. The summed E-state index contributed by atoms with van der Waals surface area (Å²) in [4.78, 5) is 17.8. The van der Waals surface area contributed by atoms with Crippen molar-refractivity contribution in [2.75, 3.05) is 5.73 Å². The third-order valence-electron chi connectivity index (χ3n) is 2.21. The van der Waals surface area contributed by atoms with Gasteiger partial charge in [-0.2, -0.15) is 10.4 Å². The van der Waals surface area contributed by atoms with Crippen LogP contribution in [0.5, 0.6) is 0 Å². The van der Waals surface area contributed by atoms with Crippen LogP contribution >= 0.6 is 11.8 Å². The summed E-state index contributed by atoms with van der Waals surface area (Å²) >= 11 is 1.15. The third kappa shape index (κ3) is 2.21. The van der Waals surface area contributed by atoms with E-state index in [9.17, 15) is 4.79 Å². The molecule has 3 N–H and O–H groups in total. The Kier molecular flexibility index (Phi) is 3.08. The monoisotopic (exact) mass is 262 g/mol. The molecule has 0 aliphatic carbocycles. The number of H-pyrrole nitrogens is 1. The van der Waals surface area contributed by atoms with E-state index in [-0.39, 0.29) is 11.4 Å². The third-order valence-corrected chi connectivity index (χ3v) is 3.26. The first-order valence-corrected chi connectivity index (χ1v) is 5.81. The van der Waals surface area contributed by atoms with Crippen LogP contribution in [0.15, 0.2) is 21.0 Å². The van der Waals surface area contributed by atoms with Crippen LogP contribution in [0, 0.1) is 18.3 Å². The maximum absolute atomic E-state index is 11.3. The number of nitrogens with two attached hydrogens (primary N) is 1. The van der Waals surface area contributed by atoms with Gasteiger partial charge in [0.05, 0.1) is 5.69 Å². The summed E-state index contributed by atoms with van der Waals surface area (Å²) in [5, 5.41) is 14.2. The van der Waals surface area contributed by atoms with Crippen molar-refractivity contribution >= 4 is 17.6 Å². The minimum Gasteiger partial charge on any atom is -0.383 e. The van der Waals surface area contributed by atoms with Crippen LogP contribution in [-0.4, -0.2) is 19.7 Å². The van der Waals surface area contributed by atoms with Crippen molar-refractivity contribution in [1.29, 1.82) is 5.26 Å². The van der Waals surface area contributed by atoms with E-state index in [2.05, 4.69) is 21.1 Å². The van der Waals surface area contributed by atoms with E-state index >= 15 is 0 Å². The fraction of sp³-hybridized carbons (Fsp3) is 0.200. The zero-order valence-corrected chi connectivity index (χ0v) is 10.6. The molecule has 2 aromatic heterocycles. The largest absolute Gasteiger partial charge is 0.383 e. The summed E-state index contributed by atoms with van der Waals surface area (Å²) in [6.07, 6.45) is 0. The number of aromatic nitrogens is 4. The molecule has 0 radical (unpaired) electrons. The molecule has 0 atom stereocenters. The molecule has 8 heteroatoms. The zero-order valence-electron chi connectivity index (χ0n) is 9.76. The molecular weight excluding hydrogens is 252 g/mol. The molecule has 92 valence electrons. The van der Waals surface area contributed by atoms with Gasteiger partial charge in [-0.3, -0.25) is 9.48 Å². The summed E-state index contributed by atoms with van der Waals surface area (Å²) in [5.74, 6) is 0.138. The maximum atomic E-state index is 11.3. The zero-order chi connectivity index (χ0) is 13.3. The van der Waals surface area contributed by atoms with E-state index < -0.39 is 0 Å². The molecule has 0 aromatic carbocycles. The lowest BCUT2D eigenvalue weighted by atomic mass is 10.3. The number of nitrogens with zero attached hydrogens (tertiary/aromatic N) is 4. The van der Waals surface area contributed by atoms with E-state index in [0.29, 0.717) is 21.4 Å². The van der Waals surface area contributed by atoms with Gasteiger partial charge in [-0.15, -0.1) is 0 Å². The topological polar surface area (TPSA) is 113 Å². The molecule has 0 bridgehead atoms. The molecular formula is C10H10N6OS. The Morgan fingerprint density at radius 1 is 1.61 bits per heavy atom. The van der Waals surface area contributed by atoms with E-state index in [4.69, 9.17) is 11.0 Å². The molecule has 0 aliphatic heterocycles. The maximum Gasteiger partial charge on any atom is 0.253 e. The number of hydrogen-bond donors (Lipinski definition) is 2. The second-order valence-electron chi connectivity index (χ2n) is 3.58. The van der Waals surface area contributed by atoms with Gasteiger partial charge in [0, 0.05) is 13.1 Å². The Labute approximate surface area is 107 Å². The second kappa shape index (κ2) is 4.54. The molecule has 2 rings (SSSR count). The molecule has 18 heavy (non-hydrogen) atoms. The molecule has 0 spiro atoms. The number of aryl methyl sites for hydroxylation is 2. The molecule has 7 nitrogen and oxygen atoms in total. The van der Waals surface area contributed by atoms with Crippen molar-refractivity contribution in [2.24, 2.45) is 7.05 Å². The SMILES string of the molecule is Cc1nn(C)c(Sc2nc(N)cc(=O)[nH]2)c1C#N. The lowest BCUT2D eigenvalue weighted by Crippen LogP contribution is -2.09. The normalized spacial score (nSPS) is 10.3. The molecule has 0 unspecified atom stereocenters. The van der Waals surface area contributed by atoms with Gasteiger partial charge in [0.25, 0.3) is 5.56 Å². The average Bonchev–Trinajstić information content (AvgIpc) is 2.52. The van der Waals surface area contributed by atoms with Gasteiger partial charge >= 0.3 is 0 Å². The smallest absolute Gasteiger partial charge is 0.253 e. The van der Waals surface area contributed by atoms with Gasteiger partial charge in [-0.25, -0.2) is 4.98 Å². The molecule has 0 saturated heterocycles. The standard InChI is InChI=1S/C10H10N6OS/c1-5-6(4-11)9(16(2)15-5)18-10-13-7(12)3-8(17)14-10/h3H,1-2H3,(H3,12,13,14,17). The quantitative estimate of drug-likeness (QED) is 0.758.